The van der Waals surface area contributed by atoms with Gasteiger partial charge in [0, 0.05) is 12.7 Å². The minimum atomic E-state index is -0.466. The van der Waals surface area contributed by atoms with Gasteiger partial charge in [0.2, 0.25) is 5.91 Å². The quantitative estimate of drug-likeness (QED) is 0.796. The predicted molar refractivity (Wildman–Crippen MR) is 92.7 cm³/mol. The zero-order valence-corrected chi connectivity index (χ0v) is 13.4. The molecule has 1 atom stereocenters. The number of benzene rings is 1. The number of nitrogens with one attached hydrogen (secondary N) is 1. The molecule has 0 radical (unpaired) electrons. The molecule has 0 saturated carbocycles. The lowest BCUT2D eigenvalue weighted by Crippen LogP contribution is -2.48. The Morgan fingerprint density at radius 2 is 2.12 bits per heavy atom. The van der Waals surface area contributed by atoms with Gasteiger partial charge in [-0.3, -0.25) is 9.78 Å². The molecule has 1 aliphatic rings. The van der Waals surface area contributed by atoms with E-state index in [9.17, 15) is 9.18 Å². The molecule has 4 rings (SSSR count). The summed E-state index contributed by atoms with van der Waals surface area (Å²) in [6, 6.07) is 7.87. The number of aromatic nitrogens is 3. The van der Waals surface area contributed by atoms with Gasteiger partial charge in [-0.25, -0.2) is 14.4 Å². The van der Waals surface area contributed by atoms with Crippen molar-refractivity contribution in [2.75, 3.05) is 16.8 Å². The van der Waals surface area contributed by atoms with E-state index in [1.54, 1.807) is 35.5 Å². The first-order chi connectivity index (χ1) is 12.2. The third-order valence-electron chi connectivity index (χ3n) is 4.32. The predicted octanol–water partition coefficient (Wildman–Crippen LogP) is 2.77. The number of hydrogen-bond acceptors (Lipinski definition) is 5. The number of rotatable bonds is 3. The molecule has 0 spiro atoms. The Morgan fingerprint density at radius 3 is 2.96 bits per heavy atom. The number of halogens is 1. The molecule has 3 aromatic rings. The summed E-state index contributed by atoms with van der Waals surface area (Å²) in [5.41, 5.74) is 1.27. The van der Waals surface area contributed by atoms with Crippen molar-refractivity contribution in [1.82, 2.24) is 15.0 Å². The first-order valence-electron chi connectivity index (χ1n) is 8.11. The van der Waals surface area contributed by atoms with E-state index >= 15 is 0 Å². The molecular formula is C18H16FN5O. The largest absolute Gasteiger partial charge is 0.358 e. The van der Waals surface area contributed by atoms with E-state index in [2.05, 4.69) is 20.3 Å². The van der Waals surface area contributed by atoms with Crippen LogP contribution >= 0.6 is 0 Å². The Morgan fingerprint density at radius 1 is 1.20 bits per heavy atom. The molecule has 0 unspecified atom stereocenters. The Kier molecular flexibility index (Phi) is 3.97. The minimum absolute atomic E-state index is 0.0673. The average molecular weight is 337 g/mol. The highest BCUT2D eigenvalue weighted by molar-refractivity contribution is 6.00. The van der Waals surface area contributed by atoms with Crippen LogP contribution in [-0.2, 0) is 4.79 Å². The van der Waals surface area contributed by atoms with E-state index in [0.717, 1.165) is 12.1 Å². The van der Waals surface area contributed by atoms with Crippen LogP contribution in [0.5, 0.6) is 0 Å². The highest BCUT2D eigenvalue weighted by Crippen LogP contribution is 2.26. The number of carbonyl (C=O) groups excluding carboxylic acids is 1. The molecule has 25 heavy (non-hydrogen) atoms. The van der Waals surface area contributed by atoms with Gasteiger partial charge in [0.1, 0.15) is 24.0 Å². The van der Waals surface area contributed by atoms with Gasteiger partial charge >= 0.3 is 0 Å². The summed E-state index contributed by atoms with van der Waals surface area (Å²) in [7, 11) is 0. The van der Waals surface area contributed by atoms with Crippen molar-refractivity contribution in [2.24, 2.45) is 0 Å². The number of amides is 1. The summed E-state index contributed by atoms with van der Waals surface area (Å²) < 4.78 is 14.2. The highest BCUT2D eigenvalue weighted by Gasteiger charge is 2.30. The molecule has 1 amide bonds. The van der Waals surface area contributed by atoms with Crippen molar-refractivity contribution in [3.05, 3.63) is 54.9 Å². The van der Waals surface area contributed by atoms with Crippen molar-refractivity contribution in [3.63, 3.8) is 0 Å². The lowest BCUT2D eigenvalue weighted by Gasteiger charge is -2.32. The maximum Gasteiger partial charge on any atom is 0.249 e. The number of hydrogen-bond donors (Lipinski definition) is 1. The molecule has 2 aromatic heterocycles. The highest BCUT2D eigenvalue weighted by atomic mass is 19.1. The number of carbonyl (C=O) groups is 1. The lowest BCUT2D eigenvalue weighted by atomic mass is 10.0. The third-order valence-corrected chi connectivity index (χ3v) is 4.32. The number of pyridine rings is 1. The van der Waals surface area contributed by atoms with Crippen LogP contribution in [0.4, 0.5) is 15.9 Å². The maximum absolute atomic E-state index is 14.2. The summed E-state index contributed by atoms with van der Waals surface area (Å²) in [6.07, 6.45) is 6.21. The van der Waals surface area contributed by atoms with Gasteiger partial charge in [-0.2, -0.15) is 0 Å². The Hall–Kier alpha value is -3.09. The number of nitrogens with zero attached hydrogens (tertiary/aromatic N) is 4. The number of piperidine rings is 1. The van der Waals surface area contributed by atoms with Gasteiger partial charge in [0.15, 0.2) is 0 Å². The van der Waals surface area contributed by atoms with Gasteiger partial charge < -0.3 is 10.2 Å². The second kappa shape index (κ2) is 6.43. The van der Waals surface area contributed by atoms with Crippen LogP contribution in [0.2, 0.25) is 0 Å². The molecule has 1 aromatic carbocycles. The van der Waals surface area contributed by atoms with Gasteiger partial charge in [0.25, 0.3) is 0 Å². The van der Waals surface area contributed by atoms with Crippen LogP contribution in [-0.4, -0.2) is 33.4 Å². The zero-order chi connectivity index (χ0) is 17.2. The Balaban J connectivity index is 1.64. The summed E-state index contributed by atoms with van der Waals surface area (Å²) in [6.45, 7) is 0.640. The van der Waals surface area contributed by atoms with Crippen molar-refractivity contribution >= 4 is 28.3 Å². The standard InChI is InChI=1S/C18H16FN5O/c19-13-5-1-6-14-16(13)17(22-11-21-14)23-15-7-3-9-24(18(15)25)12-4-2-8-20-10-12/h1-2,4-6,8,10-11,15H,3,7,9H2,(H,21,22,23)/t15-/m0/s1. The molecule has 126 valence electrons. The van der Waals surface area contributed by atoms with Crippen LogP contribution in [0.3, 0.4) is 0 Å². The molecule has 0 aliphatic carbocycles. The van der Waals surface area contributed by atoms with Gasteiger partial charge in [-0.05, 0) is 37.1 Å². The monoisotopic (exact) mass is 337 g/mol. The number of anilines is 2. The van der Waals surface area contributed by atoms with Crippen LogP contribution in [0.25, 0.3) is 10.9 Å². The van der Waals surface area contributed by atoms with Crippen molar-refractivity contribution in [1.29, 1.82) is 0 Å². The topological polar surface area (TPSA) is 71.0 Å². The molecule has 6 nitrogen and oxygen atoms in total. The van der Waals surface area contributed by atoms with Gasteiger partial charge in [0.05, 0.1) is 22.8 Å². The summed E-state index contributed by atoms with van der Waals surface area (Å²) in [5, 5.41) is 3.41. The molecule has 3 heterocycles. The summed E-state index contributed by atoms with van der Waals surface area (Å²) in [5.74, 6) is -0.134. The van der Waals surface area contributed by atoms with E-state index in [1.807, 2.05) is 6.07 Å². The van der Waals surface area contributed by atoms with E-state index in [4.69, 9.17) is 0 Å². The smallest absolute Gasteiger partial charge is 0.249 e. The van der Waals surface area contributed by atoms with E-state index in [0.29, 0.717) is 29.7 Å². The van der Waals surface area contributed by atoms with Crippen molar-refractivity contribution in [2.45, 2.75) is 18.9 Å². The van der Waals surface area contributed by atoms with E-state index in [1.165, 1.54) is 12.4 Å². The minimum Gasteiger partial charge on any atom is -0.358 e. The second-order valence-electron chi connectivity index (χ2n) is 5.90. The first kappa shape index (κ1) is 15.4. The molecule has 0 bridgehead atoms. The lowest BCUT2D eigenvalue weighted by molar-refractivity contribution is -0.120. The molecule has 1 fully saturated rings. The summed E-state index contributed by atoms with van der Waals surface area (Å²) >= 11 is 0. The van der Waals surface area contributed by atoms with Crippen LogP contribution in [0, 0.1) is 5.82 Å². The van der Waals surface area contributed by atoms with Gasteiger partial charge in [-0.15, -0.1) is 0 Å². The van der Waals surface area contributed by atoms with Crippen molar-refractivity contribution in [3.8, 4) is 0 Å². The zero-order valence-electron chi connectivity index (χ0n) is 13.4. The third kappa shape index (κ3) is 2.88. The maximum atomic E-state index is 14.2. The van der Waals surface area contributed by atoms with E-state index in [-0.39, 0.29) is 5.91 Å². The molecule has 1 N–H and O–H groups in total. The molecule has 1 saturated heterocycles. The summed E-state index contributed by atoms with van der Waals surface area (Å²) in [4.78, 5) is 26.9. The van der Waals surface area contributed by atoms with Crippen molar-refractivity contribution < 1.29 is 9.18 Å². The van der Waals surface area contributed by atoms with Crippen LogP contribution in [0.15, 0.2) is 49.1 Å². The normalized spacial score (nSPS) is 17.7. The fourth-order valence-corrected chi connectivity index (χ4v) is 3.12. The van der Waals surface area contributed by atoms with Crippen LogP contribution in [0.1, 0.15) is 12.8 Å². The second-order valence-corrected chi connectivity index (χ2v) is 5.90. The molecule has 7 heteroatoms. The van der Waals surface area contributed by atoms with E-state index < -0.39 is 11.9 Å². The Bertz CT molecular complexity index is 912. The molecule has 1 aliphatic heterocycles. The SMILES string of the molecule is O=C1[C@@H](Nc2ncnc3cccc(F)c23)CCCN1c1cccnc1. The van der Waals surface area contributed by atoms with Gasteiger partial charge in [-0.1, -0.05) is 6.07 Å². The fraction of sp³-hybridized carbons (Fsp3) is 0.222. The average Bonchev–Trinajstić information content (AvgIpc) is 2.64. The Labute approximate surface area is 143 Å². The first-order valence-corrected chi connectivity index (χ1v) is 8.11. The fourth-order valence-electron chi connectivity index (χ4n) is 3.12. The van der Waals surface area contributed by atoms with Crippen LogP contribution < -0.4 is 10.2 Å². The molecular weight excluding hydrogens is 321 g/mol. The number of fused-ring (bicyclic) bond motifs is 1.